The van der Waals surface area contributed by atoms with Crippen LogP contribution in [0.4, 0.5) is 9.52 Å². The van der Waals surface area contributed by atoms with Crippen molar-refractivity contribution in [2.75, 3.05) is 45.3 Å². The average Bonchev–Trinajstić information content (AvgIpc) is 3.21. The van der Waals surface area contributed by atoms with Gasteiger partial charge in [0, 0.05) is 18.7 Å². The van der Waals surface area contributed by atoms with E-state index in [4.69, 9.17) is 14.5 Å². The lowest BCUT2D eigenvalue weighted by Gasteiger charge is -2.24. The van der Waals surface area contributed by atoms with Gasteiger partial charge in [-0.15, -0.1) is 0 Å². The van der Waals surface area contributed by atoms with Crippen LogP contribution in [0.1, 0.15) is 24.2 Å². The molecule has 1 amide bonds. The van der Waals surface area contributed by atoms with Crippen LogP contribution in [0, 0.1) is 5.82 Å². The number of aromatic nitrogens is 1. The van der Waals surface area contributed by atoms with E-state index in [1.54, 1.807) is 25.2 Å². The summed E-state index contributed by atoms with van der Waals surface area (Å²) in [7, 11) is 3.19. The number of carbonyl (C=O) groups is 1. The number of likely N-dealkylation sites (N-methyl/N-ethyl adjacent to an activating group) is 1. The summed E-state index contributed by atoms with van der Waals surface area (Å²) in [5.74, 6) is 0.688. The second-order valence-electron chi connectivity index (χ2n) is 6.63. The van der Waals surface area contributed by atoms with E-state index in [0.717, 1.165) is 17.8 Å². The predicted molar refractivity (Wildman–Crippen MR) is 119 cm³/mol. The number of fused-ring (bicyclic) bond motifs is 1. The predicted octanol–water partition coefficient (Wildman–Crippen LogP) is 4.44. The molecule has 0 radical (unpaired) electrons. The zero-order valence-electron chi connectivity index (χ0n) is 17.6. The third-order valence-electron chi connectivity index (χ3n) is 5.00. The van der Waals surface area contributed by atoms with Crippen LogP contribution in [0.15, 0.2) is 36.4 Å². The molecule has 0 spiro atoms. The smallest absolute Gasteiger partial charge is 0.260 e. The molecule has 0 aliphatic rings. The molecule has 0 N–H and O–H groups in total. The maximum absolute atomic E-state index is 13.4. The Balaban J connectivity index is 2.04. The van der Waals surface area contributed by atoms with Crippen molar-refractivity contribution in [2.45, 2.75) is 13.8 Å². The molecule has 0 aliphatic heterocycles. The number of halogens is 1. The molecular formula is C22H26FN3O3S. The van der Waals surface area contributed by atoms with Crippen molar-refractivity contribution in [1.29, 1.82) is 0 Å². The molecule has 1 aromatic heterocycles. The second-order valence-corrected chi connectivity index (χ2v) is 7.61. The van der Waals surface area contributed by atoms with E-state index in [9.17, 15) is 9.18 Å². The molecule has 0 saturated carbocycles. The summed E-state index contributed by atoms with van der Waals surface area (Å²) in [6.07, 6.45) is 0. The Kier molecular flexibility index (Phi) is 7.23. The van der Waals surface area contributed by atoms with Gasteiger partial charge in [0.1, 0.15) is 27.5 Å². The van der Waals surface area contributed by atoms with Crippen molar-refractivity contribution in [3.8, 4) is 11.5 Å². The first-order valence-electron chi connectivity index (χ1n) is 9.83. The summed E-state index contributed by atoms with van der Waals surface area (Å²) < 4.78 is 25.1. The maximum Gasteiger partial charge on any atom is 0.260 e. The summed E-state index contributed by atoms with van der Waals surface area (Å²) in [5.41, 5.74) is 1.06. The Morgan fingerprint density at radius 2 is 1.63 bits per heavy atom. The van der Waals surface area contributed by atoms with E-state index in [0.29, 0.717) is 40.8 Å². The van der Waals surface area contributed by atoms with Gasteiger partial charge in [-0.3, -0.25) is 9.69 Å². The van der Waals surface area contributed by atoms with Gasteiger partial charge in [-0.25, -0.2) is 9.37 Å². The van der Waals surface area contributed by atoms with Gasteiger partial charge in [-0.05, 0) is 49.5 Å². The molecule has 8 heteroatoms. The van der Waals surface area contributed by atoms with Gasteiger partial charge in [0.15, 0.2) is 5.13 Å². The van der Waals surface area contributed by atoms with Crippen molar-refractivity contribution < 1.29 is 18.7 Å². The SMILES string of the molecule is CCN(CC)CCN(C(=O)c1ccc(F)cc1)c1nc2c(OC)ccc(OC)c2s1. The molecule has 160 valence electrons. The number of hydrogen-bond donors (Lipinski definition) is 0. The number of ether oxygens (including phenoxy) is 2. The zero-order valence-corrected chi connectivity index (χ0v) is 18.5. The first kappa shape index (κ1) is 22.0. The highest BCUT2D eigenvalue weighted by Crippen LogP contribution is 2.40. The highest BCUT2D eigenvalue weighted by atomic mass is 32.1. The van der Waals surface area contributed by atoms with E-state index in [1.807, 2.05) is 6.07 Å². The first-order chi connectivity index (χ1) is 14.5. The molecule has 3 rings (SSSR count). The molecule has 0 bridgehead atoms. The lowest BCUT2D eigenvalue weighted by molar-refractivity contribution is 0.0983. The summed E-state index contributed by atoms with van der Waals surface area (Å²) in [6.45, 7) is 7.10. The van der Waals surface area contributed by atoms with Gasteiger partial charge < -0.3 is 14.4 Å². The van der Waals surface area contributed by atoms with E-state index in [2.05, 4.69) is 18.7 Å². The maximum atomic E-state index is 13.4. The van der Waals surface area contributed by atoms with Gasteiger partial charge in [-0.1, -0.05) is 25.2 Å². The van der Waals surface area contributed by atoms with Gasteiger partial charge in [-0.2, -0.15) is 0 Å². The van der Waals surface area contributed by atoms with Crippen LogP contribution >= 0.6 is 11.3 Å². The van der Waals surface area contributed by atoms with Crippen LogP contribution in [0.3, 0.4) is 0 Å². The molecule has 0 unspecified atom stereocenters. The molecule has 6 nitrogen and oxygen atoms in total. The number of methoxy groups -OCH3 is 2. The molecule has 1 heterocycles. The molecule has 0 atom stereocenters. The van der Waals surface area contributed by atoms with Crippen LogP contribution in [0.25, 0.3) is 10.2 Å². The van der Waals surface area contributed by atoms with E-state index in [-0.39, 0.29) is 11.7 Å². The lowest BCUT2D eigenvalue weighted by Crippen LogP contribution is -2.38. The van der Waals surface area contributed by atoms with Gasteiger partial charge in [0.25, 0.3) is 5.91 Å². The molecule has 3 aromatic rings. The summed E-state index contributed by atoms with van der Waals surface area (Å²) in [6, 6.07) is 9.20. The molecule has 0 fully saturated rings. The molecule has 0 aliphatic carbocycles. The number of carbonyl (C=O) groups excluding carboxylic acids is 1. The van der Waals surface area contributed by atoms with E-state index < -0.39 is 0 Å². The topological polar surface area (TPSA) is 54.9 Å². The Morgan fingerprint density at radius 1 is 1.00 bits per heavy atom. The third-order valence-corrected chi connectivity index (χ3v) is 6.09. The largest absolute Gasteiger partial charge is 0.495 e. The number of anilines is 1. The lowest BCUT2D eigenvalue weighted by atomic mass is 10.2. The van der Waals surface area contributed by atoms with Crippen molar-refractivity contribution in [3.63, 3.8) is 0 Å². The highest BCUT2D eigenvalue weighted by Gasteiger charge is 2.24. The molecule has 30 heavy (non-hydrogen) atoms. The number of nitrogens with zero attached hydrogens (tertiary/aromatic N) is 3. The van der Waals surface area contributed by atoms with Crippen LogP contribution in [0.2, 0.25) is 0 Å². The minimum absolute atomic E-state index is 0.223. The standard InChI is InChI=1S/C22H26FN3O3S/c1-5-25(6-2)13-14-26(21(27)15-7-9-16(23)10-8-15)22-24-19-17(28-3)11-12-18(29-4)20(19)30-22/h7-12H,5-6,13-14H2,1-4H3. The van der Waals surface area contributed by atoms with Crippen LogP contribution < -0.4 is 14.4 Å². The Morgan fingerprint density at radius 3 is 2.23 bits per heavy atom. The summed E-state index contributed by atoms with van der Waals surface area (Å²) >= 11 is 1.38. The summed E-state index contributed by atoms with van der Waals surface area (Å²) in [5, 5.41) is 0.550. The Labute approximate surface area is 179 Å². The quantitative estimate of drug-likeness (QED) is 0.501. The van der Waals surface area contributed by atoms with Crippen molar-refractivity contribution in [3.05, 3.63) is 47.8 Å². The van der Waals surface area contributed by atoms with Crippen LogP contribution in [-0.4, -0.2) is 56.2 Å². The minimum Gasteiger partial charge on any atom is -0.495 e. The van der Waals surface area contributed by atoms with Crippen LogP contribution in [-0.2, 0) is 0 Å². The Hall–Kier alpha value is -2.71. The molecule has 2 aromatic carbocycles. The fraction of sp³-hybridized carbons (Fsp3) is 0.364. The monoisotopic (exact) mass is 431 g/mol. The van der Waals surface area contributed by atoms with E-state index >= 15 is 0 Å². The van der Waals surface area contributed by atoms with Crippen LogP contribution in [0.5, 0.6) is 11.5 Å². The second kappa shape index (κ2) is 9.86. The number of thiazole rings is 1. The number of benzene rings is 2. The average molecular weight is 432 g/mol. The van der Waals surface area contributed by atoms with Crippen molar-refractivity contribution >= 4 is 32.6 Å². The molecule has 0 saturated heterocycles. The summed E-state index contributed by atoms with van der Waals surface area (Å²) in [4.78, 5) is 21.9. The Bertz CT molecular complexity index is 962. The fourth-order valence-electron chi connectivity index (χ4n) is 3.20. The number of hydrogen-bond acceptors (Lipinski definition) is 6. The normalized spacial score (nSPS) is 11.1. The van der Waals surface area contributed by atoms with Gasteiger partial charge in [0.2, 0.25) is 0 Å². The van der Waals surface area contributed by atoms with Gasteiger partial charge in [0.05, 0.1) is 14.2 Å². The van der Waals surface area contributed by atoms with Crippen molar-refractivity contribution in [1.82, 2.24) is 9.88 Å². The fourth-order valence-corrected chi connectivity index (χ4v) is 4.30. The molecular weight excluding hydrogens is 405 g/mol. The number of amides is 1. The van der Waals surface area contributed by atoms with Crippen molar-refractivity contribution in [2.24, 2.45) is 0 Å². The zero-order chi connectivity index (χ0) is 21.7. The van der Waals surface area contributed by atoms with E-state index in [1.165, 1.54) is 35.6 Å². The third kappa shape index (κ3) is 4.55. The number of rotatable bonds is 9. The first-order valence-corrected chi connectivity index (χ1v) is 10.6. The minimum atomic E-state index is -0.379. The van der Waals surface area contributed by atoms with Gasteiger partial charge >= 0.3 is 0 Å². The highest BCUT2D eigenvalue weighted by molar-refractivity contribution is 7.22.